The molecule has 1 fully saturated rings. The third kappa shape index (κ3) is 4.51. The predicted molar refractivity (Wildman–Crippen MR) is 85.7 cm³/mol. The molecule has 0 aliphatic carbocycles. The Labute approximate surface area is 150 Å². The molecule has 1 aromatic carbocycles. The van der Waals surface area contributed by atoms with Gasteiger partial charge in [-0.3, -0.25) is 24.5 Å². The molecule has 0 radical (unpaired) electrons. The molecule has 3 amide bonds. The van der Waals surface area contributed by atoms with Crippen LogP contribution in [0, 0.1) is 10.1 Å². The monoisotopic (exact) mass is 388 g/mol. The molecule has 3 N–H and O–H groups in total. The van der Waals surface area contributed by atoms with E-state index in [-0.39, 0.29) is 30.6 Å². The number of nitrogens with zero attached hydrogens (tertiary/aromatic N) is 1. The number of halogens is 3. The summed E-state index contributed by atoms with van der Waals surface area (Å²) in [5.41, 5.74) is -2.31. The first-order chi connectivity index (χ1) is 12.4. The average Bonchev–Trinajstić information content (AvgIpc) is 2.87. The van der Waals surface area contributed by atoms with Crippen LogP contribution >= 0.6 is 0 Å². The van der Waals surface area contributed by atoms with Crippen molar-refractivity contribution in [3.63, 3.8) is 0 Å². The molecule has 0 bridgehead atoms. The molecule has 1 aliphatic heterocycles. The van der Waals surface area contributed by atoms with Gasteiger partial charge in [-0.25, -0.2) is 0 Å². The van der Waals surface area contributed by atoms with Gasteiger partial charge in [-0.05, 0) is 18.1 Å². The van der Waals surface area contributed by atoms with Crippen LogP contribution < -0.4 is 16.0 Å². The van der Waals surface area contributed by atoms with Gasteiger partial charge in [-0.15, -0.1) is 0 Å². The highest BCUT2D eigenvalue weighted by Gasteiger charge is 2.49. The summed E-state index contributed by atoms with van der Waals surface area (Å²) in [4.78, 5) is 45.0. The first kappa shape index (κ1) is 20.1. The van der Waals surface area contributed by atoms with Crippen LogP contribution in [0.4, 0.5) is 24.5 Å². The molecule has 2 rings (SSSR count). The van der Waals surface area contributed by atoms with Gasteiger partial charge in [-0.2, -0.15) is 13.2 Å². The Hall–Kier alpha value is -3.18. The molecule has 1 heterocycles. The number of carbonyl (C=O) groups excluding carboxylic acids is 3. The van der Waals surface area contributed by atoms with Gasteiger partial charge < -0.3 is 16.0 Å². The normalized spacial score (nSPS) is 19.3. The number of rotatable bonds is 5. The number of hydrogen-bond acceptors (Lipinski definition) is 5. The summed E-state index contributed by atoms with van der Waals surface area (Å²) >= 11 is 0. The van der Waals surface area contributed by atoms with E-state index in [9.17, 15) is 37.7 Å². The van der Waals surface area contributed by atoms with E-state index in [2.05, 4.69) is 10.6 Å². The first-order valence-corrected chi connectivity index (χ1v) is 7.67. The zero-order valence-corrected chi connectivity index (χ0v) is 14.0. The lowest BCUT2D eigenvalue weighted by atomic mass is 9.88. The van der Waals surface area contributed by atoms with E-state index in [0.29, 0.717) is 0 Å². The molecule has 1 aromatic rings. The lowest BCUT2D eigenvalue weighted by Crippen LogP contribution is -2.58. The highest BCUT2D eigenvalue weighted by atomic mass is 19.4. The van der Waals surface area contributed by atoms with Crippen molar-refractivity contribution in [3.05, 3.63) is 33.9 Å². The molecule has 12 heteroatoms. The fraction of sp³-hybridized carbons (Fsp3) is 0.400. The molecule has 1 atom stereocenters. The van der Waals surface area contributed by atoms with Crippen molar-refractivity contribution in [2.45, 2.75) is 31.5 Å². The second-order valence-electron chi connectivity index (χ2n) is 6.01. The van der Waals surface area contributed by atoms with Gasteiger partial charge in [-0.1, -0.05) is 6.07 Å². The third-order valence-corrected chi connectivity index (χ3v) is 3.96. The molecule has 27 heavy (non-hydrogen) atoms. The Balaban J connectivity index is 2.37. The molecule has 0 saturated carbocycles. The minimum absolute atomic E-state index is 0.0447. The third-order valence-electron chi connectivity index (χ3n) is 3.96. The Morgan fingerprint density at radius 3 is 2.52 bits per heavy atom. The van der Waals surface area contributed by atoms with E-state index >= 15 is 0 Å². The number of benzene rings is 1. The van der Waals surface area contributed by atoms with E-state index < -0.39 is 40.0 Å². The van der Waals surface area contributed by atoms with Crippen LogP contribution in [-0.4, -0.2) is 40.9 Å². The SMILES string of the molecule is CC(=O)Nc1ccc(C[C@]2(NC(=O)C(F)(F)F)CCNC2=O)cc1[N+](=O)[O-]. The van der Waals surface area contributed by atoms with Gasteiger partial charge in [0.2, 0.25) is 11.8 Å². The Morgan fingerprint density at radius 2 is 2.04 bits per heavy atom. The zero-order chi connectivity index (χ0) is 20.4. The maximum Gasteiger partial charge on any atom is 0.471 e. The smallest absolute Gasteiger partial charge is 0.354 e. The molecule has 0 unspecified atom stereocenters. The fourth-order valence-corrected chi connectivity index (χ4v) is 2.77. The molecular weight excluding hydrogens is 373 g/mol. The zero-order valence-electron chi connectivity index (χ0n) is 14.0. The number of amides is 3. The Bertz CT molecular complexity index is 811. The van der Waals surface area contributed by atoms with Crippen LogP contribution in [0.2, 0.25) is 0 Å². The number of alkyl halides is 3. The van der Waals surface area contributed by atoms with E-state index in [1.165, 1.54) is 12.1 Å². The summed E-state index contributed by atoms with van der Waals surface area (Å²) < 4.78 is 37.8. The van der Waals surface area contributed by atoms with Crippen molar-refractivity contribution in [3.8, 4) is 0 Å². The molecular formula is C15H15F3N4O5. The molecule has 1 saturated heterocycles. The van der Waals surface area contributed by atoms with Crippen molar-refractivity contribution in [1.82, 2.24) is 10.6 Å². The highest BCUT2D eigenvalue weighted by molar-refractivity contribution is 5.95. The summed E-state index contributed by atoms with van der Waals surface area (Å²) in [5.74, 6) is -3.63. The van der Waals surface area contributed by atoms with Crippen LogP contribution in [0.5, 0.6) is 0 Å². The quantitative estimate of drug-likeness (QED) is 0.512. The van der Waals surface area contributed by atoms with E-state index in [1.54, 1.807) is 5.32 Å². The lowest BCUT2D eigenvalue weighted by Gasteiger charge is -2.28. The standard InChI is InChI=1S/C15H15F3N4O5/c1-8(23)20-10-3-2-9(6-11(10)22(26)27)7-14(4-5-19-12(14)24)21-13(25)15(16,17)18/h2-3,6H,4-5,7H2,1H3,(H,19,24)(H,20,23)(H,21,25)/t14-/m1/s1. The van der Waals surface area contributed by atoms with Crippen molar-refractivity contribution in [2.24, 2.45) is 0 Å². The number of hydrogen-bond donors (Lipinski definition) is 3. The Morgan fingerprint density at radius 1 is 1.37 bits per heavy atom. The number of nitro benzene ring substituents is 1. The van der Waals surface area contributed by atoms with E-state index in [0.717, 1.165) is 13.0 Å². The first-order valence-electron chi connectivity index (χ1n) is 7.67. The Kier molecular flexibility index (Phi) is 5.38. The minimum atomic E-state index is -5.18. The minimum Gasteiger partial charge on any atom is -0.354 e. The summed E-state index contributed by atoms with van der Waals surface area (Å²) in [5, 5.41) is 17.5. The fourth-order valence-electron chi connectivity index (χ4n) is 2.77. The maximum absolute atomic E-state index is 12.6. The van der Waals surface area contributed by atoms with Crippen LogP contribution in [0.25, 0.3) is 0 Å². The van der Waals surface area contributed by atoms with Crippen LogP contribution in [-0.2, 0) is 20.8 Å². The van der Waals surface area contributed by atoms with Crippen molar-refractivity contribution < 1.29 is 32.5 Å². The molecule has 0 aromatic heterocycles. The van der Waals surface area contributed by atoms with E-state index in [4.69, 9.17) is 0 Å². The van der Waals surface area contributed by atoms with Crippen molar-refractivity contribution in [2.75, 3.05) is 11.9 Å². The predicted octanol–water partition coefficient (Wildman–Crippen LogP) is 1.03. The van der Waals surface area contributed by atoms with Gasteiger partial charge in [0.25, 0.3) is 5.69 Å². The number of nitrogens with one attached hydrogen (secondary N) is 3. The largest absolute Gasteiger partial charge is 0.471 e. The van der Waals surface area contributed by atoms with E-state index in [1.807, 2.05) is 0 Å². The van der Waals surface area contributed by atoms with Gasteiger partial charge in [0, 0.05) is 26.0 Å². The van der Waals surface area contributed by atoms with Crippen LogP contribution in [0.1, 0.15) is 18.9 Å². The number of nitro groups is 1. The molecule has 0 spiro atoms. The second kappa shape index (κ2) is 7.21. The lowest BCUT2D eigenvalue weighted by molar-refractivity contribution is -0.384. The molecule has 9 nitrogen and oxygen atoms in total. The van der Waals surface area contributed by atoms with Gasteiger partial charge in [0.1, 0.15) is 11.2 Å². The van der Waals surface area contributed by atoms with Crippen LogP contribution in [0.15, 0.2) is 18.2 Å². The van der Waals surface area contributed by atoms with Gasteiger partial charge in [0.15, 0.2) is 0 Å². The summed E-state index contributed by atoms with van der Waals surface area (Å²) in [6.07, 6.45) is -5.69. The van der Waals surface area contributed by atoms with Crippen LogP contribution in [0.3, 0.4) is 0 Å². The summed E-state index contributed by atoms with van der Waals surface area (Å²) in [6.45, 7) is 1.20. The highest BCUT2D eigenvalue weighted by Crippen LogP contribution is 2.30. The van der Waals surface area contributed by atoms with Gasteiger partial charge >= 0.3 is 12.1 Å². The average molecular weight is 388 g/mol. The summed E-state index contributed by atoms with van der Waals surface area (Å²) in [7, 11) is 0. The van der Waals surface area contributed by atoms with Gasteiger partial charge in [0.05, 0.1) is 4.92 Å². The summed E-state index contributed by atoms with van der Waals surface area (Å²) in [6, 6.07) is 3.57. The number of anilines is 1. The molecule has 146 valence electrons. The maximum atomic E-state index is 12.6. The topological polar surface area (TPSA) is 130 Å². The number of carbonyl (C=O) groups is 3. The second-order valence-corrected chi connectivity index (χ2v) is 6.01. The van der Waals surface area contributed by atoms with Crippen molar-refractivity contribution in [1.29, 1.82) is 0 Å². The molecule has 1 aliphatic rings. The van der Waals surface area contributed by atoms with Crippen molar-refractivity contribution >= 4 is 29.1 Å².